The van der Waals surface area contributed by atoms with Crippen LogP contribution >= 0.6 is 0 Å². The molecule has 0 aliphatic heterocycles. The topological polar surface area (TPSA) is 124 Å². The number of hydrogen-bond acceptors (Lipinski definition) is 6. The maximum absolute atomic E-state index is 13.0. The fourth-order valence-corrected chi connectivity index (χ4v) is 3.05. The number of hydrogen-bond donors (Lipinski definition) is 4. The molecule has 0 spiro atoms. The molecule has 1 aromatic carbocycles. The average Bonchev–Trinajstić information content (AvgIpc) is 2.67. The third-order valence-corrected chi connectivity index (χ3v) is 4.30. The monoisotopic (exact) mass is 398 g/mol. The summed E-state index contributed by atoms with van der Waals surface area (Å²) in [6, 6.07) is 8.07. The lowest BCUT2D eigenvalue weighted by molar-refractivity contribution is -0.123. The predicted octanol–water partition coefficient (Wildman–Crippen LogP) is 0.821. The van der Waals surface area contributed by atoms with E-state index in [2.05, 4.69) is 20.6 Å². The van der Waals surface area contributed by atoms with Gasteiger partial charge in [0, 0.05) is 31.2 Å². The molecule has 29 heavy (non-hydrogen) atoms. The Labute approximate surface area is 170 Å². The highest BCUT2D eigenvalue weighted by molar-refractivity contribution is 6.41. The molecule has 9 heteroatoms. The zero-order valence-corrected chi connectivity index (χ0v) is 16.7. The van der Waals surface area contributed by atoms with Gasteiger partial charge in [-0.1, -0.05) is 44.2 Å². The van der Waals surface area contributed by atoms with Crippen LogP contribution in [0, 0.1) is 5.92 Å². The third kappa shape index (κ3) is 8.01. The molecule has 2 aromatic rings. The van der Waals surface area contributed by atoms with E-state index >= 15 is 0 Å². The molecule has 4 N–H and O–H groups in total. The van der Waals surface area contributed by atoms with Crippen molar-refractivity contribution in [2.75, 3.05) is 0 Å². The lowest BCUT2D eigenvalue weighted by atomic mass is 9.79. The Hall–Kier alpha value is -2.78. The Kier molecular flexibility index (Phi) is 8.76. The van der Waals surface area contributed by atoms with Gasteiger partial charge in [-0.15, -0.1) is 0 Å². The van der Waals surface area contributed by atoms with Crippen LogP contribution in [0.25, 0.3) is 0 Å². The van der Waals surface area contributed by atoms with Gasteiger partial charge in [0.05, 0.1) is 6.20 Å². The molecular weight excluding hydrogens is 371 g/mol. The zero-order chi connectivity index (χ0) is 21.2. The van der Waals surface area contributed by atoms with Crippen LogP contribution in [0.2, 0.25) is 6.32 Å². The van der Waals surface area contributed by atoms with Gasteiger partial charge in [-0.05, 0) is 17.9 Å². The van der Waals surface area contributed by atoms with E-state index < -0.39 is 31.0 Å². The maximum atomic E-state index is 13.0. The molecule has 2 rings (SSSR count). The van der Waals surface area contributed by atoms with Crippen molar-refractivity contribution in [2.45, 2.75) is 45.1 Å². The van der Waals surface area contributed by atoms with Gasteiger partial charge >= 0.3 is 7.12 Å². The molecule has 8 nitrogen and oxygen atoms in total. The summed E-state index contributed by atoms with van der Waals surface area (Å²) in [5.74, 6) is -0.644. The minimum atomic E-state index is -1.53. The van der Waals surface area contributed by atoms with E-state index in [1.807, 2.05) is 44.2 Å². The van der Waals surface area contributed by atoms with Crippen molar-refractivity contribution in [1.29, 1.82) is 0 Å². The van der Waals surface area contributed by atoms with Gasteiger partial charge in [0.25, 0.3) is 5.91 Å². The van der Waals surface area contributed by atoms with Gasteiger partial charge in [0.1, 0.15) is 11.7 Å². The first-order valence-corrected chi connectivity index (χ1v) is 9.62. The number of benzene rings is 1. The summed E-state index contributed by atoms with van der Waals surface area (Å²) in [6.07, 6.45) is 5.08. The highest BCUT2D eigenvalue weighted by atomic mass is 16.4. The maximum Gasteiger partial charge on any atom is 0.453 e. The van der Waals surface area contributed by atoms with E-state index in [1.54, 1.807) is 0 Å². The van der Waals surface area contributed by atoms with Crippen LogP contribution in [0.4, 0.5) is 0 Å². The van der Waals surface area contributed by atoms with Crippen LogP contribution < -0.4 is 10.6 Å². The normalized spacial score (nSPS) is 12.9. The smallest absolute Gasteiger partial charge is 0.427 e. The van der Waals surface area contributed by atoms with Crippen molar-refractivity contribution in [3.05, 3.63) is 60.2 Å². The van der Waals surface area contributed by atoms with Gasteiger partial charge in [-0.3, -0.25) is 14.6 Å². The van der Waals surface area contributed by atoms with Crippen LogP contribution in [-0.4, -0.2) is 51.0 Å². The number of nitrogens with one attached hydrogen (secondary N) is 2. The molecule has 0 saturated heterocycles. The summed E-state index contributed by atoms with van der Waals surface area (Å²) in [5, 5.41) is 24.2. The van der Waals surface area contributed by atoms with Crippen molar-refractivity contribution >= 4 is 18.9 Å². The largest absolute Gasteiger partial charge is 0.453 e. The first-order valence-electron chi connectivity index (χ1n) is 9.62. The molecule has 0 aliphatic rings. The number of amides is 2. The number of carbonyl (C=O) groups excluding carboxylic acids is 2. The lowest BCUT2D eigenvalue weighted by Gasteiger charge is -2.24. The van der Waals surface area contributed by atoms with Crippen LogP contribution in [0.1, 0.15) is 36.3 Å². The first kappa shape index (κ1) is 22.5. The van der Waals surface area contributed by atoms with Crippen LogP contribution in [-0.2, 0) is 11.2 Å². The molecule has 1 heterocycles. The van der Waals surface area contributed by atoms with E-state index in [4.69, 9.17) is 0 Å². The summed E-state index contributed by atoms with van der Waals surface area (Å²) in [5.41, 5.74) is 0.998. The van der Waals surface area contributed by atoms with Gasteiger partial charge in [-0.2, -0.15) is 0 Å². The van der Waals surface area contributed by atoms with E-state index in [1.165, 1.54) is 18.6 Å². The second kappa shape index (κ2) is 11.3. The second-order valence-corrected chi connectivity index (χ2v) is 7.36. The van der Waals surface area contributed by atoms with Gasteiger partial charge in [0.2, 0.25) is 5.91 Å². The highest BCUT2D eigenvalue weighted by Crippen LogP contribution is 2.11. The number of rotatable bonds is 10. The molecule has 2 amide bonds. The van der Waals surface area contributed by atoms with Crippen LogP contribution in [0.15, 0.2) is 48.9 Å². The Morgan fingerprint density at radius 1 is 1.10 bits per heavy atom. The fourth-order valence-electron chi connectivity index (χ4n) is 3.05. The molecule has 2 atom stereocenters. The minimum absolute atomic E-state index is 0.0140. The van der Waals surface area contributed by atoms with Gasteiger partial charge < -0.3 is 20.7 Å². The van der Waals surface area contributed by atoms with Crippen molar-refractivity contribution in [2.24, 2.45) is 5.92 Å². The molecule has 1 aromatic heterocycles. The third-order valence-electron chi connectivity index (χ3n) is 4.30. The van der Waals surface area contributed by atoms with E-state index in [0.29, 0.717) is 6.42 Å². The molecule has 0 fully saturated rings. The Morgan fingerprint density at radius 3 is 2.41 bits per heavy atom. The molecular formula is C20H27BN4O4. The fraction of sp³-hybridized carbons (Fsp3) is 0.400. The molecule has 0 aliphatic carbocycles. The minimum Gasteiger partial charge on any atom is -0.427 e. The molecule has 154 valence electrons. The van der Waals surface area contributed by atoms with Crippen molar-refractivity contribution in [1.82, 2.24) is 20.6 Å². The summed E-state index contributed by atoms with van der Waals surface area (Å²) >= 11 is 0. The van der Waals surface area contributed by atoms with Gasteiger partial charge in [0.15, 0.2) is 0 Å². The molecule has 0 radical (unpaired) electrons. The van der Waals surface area contributed by atoms with Crippen molar-refractivity contribution < 1.29 is 19.6 Å². The summed E-state index contributed by atoms with van der Waals surface area (Å²) in [7, 11) is -1.53. The van der Waals surface area contributed by atoms with Gasteiger partial charge in [-0.25, -0.2) is 4.98 Å². The summed E-state index contributed by atoms with van der Waals surface area (Å²) < 4.78 is 0. The van der Waals surface area contributed by atoms with Crippen LogP contribution in [0.3, 0.4) is 0 Å². The Balaban J connectivity index is 2.15. The Morgan fingerprint density at radius 2 is 1.83 bits per heavy atom. The average molecular weight is 398 g/mol. The Bertz CT molecular complexity index is 765. The first-order chi connectivity index (χ1) is 13.8. The lowest BCUT2D eigenvalue weighted by Crippen LogP contribution is -2.51. The number of carbonyl (C=O) groups is 2. The zero-order valence-electron chi connectivity index (χ0n) is 16.7. The van der Waals surface area contributed by atoms with E-state index in [9.17, 15) is 19.6 Å². The standard InChI is InChI=1S/C20H27BN4O4/c1-14(2)10-16(12-21(28)29)24-19(26)17(11-15-6-4-3-5-7-15)25-20(27)18-13-22-8-9-23-18/h3-9,13-14,16-17,28-29H,10-12H2,1-2H3,(H,24,26)(H,25,27)/t16-,17-/m0/s1. The summed E-state index contributed by atoms with van der Waals surface area (Å²) in [6.45, 7) is 3.97. The number of nitrogens with zero attached hydrogens (tertiary/aromatic N) is 2. The number of aromatic nitrogens is 2. The molecule has 0 saturated carbocycles. The predicted molar refractivity (Wildman–Crippen MR) is 110 cm³/mol. The van der Waals surface area contributed by atoms with Crippen LogP contribution in [0.5, 0.6) is 0 Å². The van der Waals surface area contributed by atoms with E-state index in [0.717, 1.165) is 5.56 Å². The van der Waals surface area contributed by atoms with Crippen molar-refractivity contribution in [3.63, 3.8) is 0 Å². The molecule has 0 bridgehead atoms. The molecule has 0 unspecified atom stereocenters. The van der Waals surface area contributed by atoms with E-state index in [-0.39, 0.29) is 24.4 Å². The second-order valence-electron chi connectivity index (χ2n) is 7.36. The van der Waals surface area contributed by atoms with Crippen molar-refractivity contribution in [3.8, 4) is 0 Å². The summed E-state index contributed by atoms with van der Waals surface area (Å²) in [4.78, 5) is 33.3. The quantitative estimate of drug-likeness (QED) is 0.440. The highest BCUT2D eigenvalue weighted by Gasteiger charge is 2.27. The SMILES string of the molecule is CC(C)C[C@@H](CB(O)O)NC(=O)[C@H](Cc1ccccc1)NC(=O)c1cnccn1.